The molecule has 4 unspecified atom stereocenters. The number of carbonyl (C=O) groups is 6. The van der Waals surface area contributed by atoms with Gasteiger partial charge in [0, 0.05) is 43.9 Å². The van der Waals surface area contributed by atoms with Gasteiger partial charge in [-0.05, 0) is 23.8 Å². The van der Waals surface area contributed by atoms with Gasteiger partial charge in [-0.1, -0.05) is 71.9 Å². The van der Waals surface area contributed by atoms with Crippen molar-refractivity contribution in [1.29, 1.82) is 0 Å². The normalized spacial score (nSPS) is 17.3. The molecule has 258 valence electrons. The second-order valence-electron chi connectivity index (χ2n) is 12.6. The maximum Gasteiger partial charge on any atom is 0.246 e. The maximum atomic E-state index is 13.9. The number of likely N-dealkylation sites (N-methyl/N-ethyl adjacent to an activating group) is 1. The van der Waals surface area contributed by atoms with E-state index in [4.69, 9.17) is 0 Å². The number of rotatable bonds is 14. The van der Waals surface area contributed by atoms with Gasteiger partial charge in [0.2, 0.25) is 23.6 Å². The highest BCUT2D eigenvalue weighted by Crippen LogP contribution is 2.18. The van der Waals surface area contributed by atoms with Crippen molar-refractivity contribution in [1.82, 2.24) is 31.1 Å². The zero-order valence-electron chi connectivity index (χ0n) is 27.7. The molecule has 4 N–H and O–H groups in total. The fraction of sp³-hybridized carbons (Fsp3) is 0.543. The smallest absolute Gasteiger partial charge is 0.246 e. The van der Waals surface area contributed by atoms with Crippen LogP contribution in [0.2, 0.25) is 0 Å². The Bertz CT molecular complexity index is 1360. The lowest BCUT2D eigenvalue weighted by Gasteiger charge is -2.35. The first-order chi connectivity index (χ1) is 21.8. The summed E-state index contributed by atoms with van der Waals surface area (Å²) in [4.78, 5) is 80.5. The Labute approximate surface area is 278 Å². The standard InChI is InChI=1S/C34H48N6O6.CH4/c1-7-22(4)31(32(44)35-6)38-26-16-28(43)20-40(18-26)33(45)29(13-21(2)3)37-25-15-27(42)19-39(17-25)34(46)30(36-23(5)41)14-24-11-9-8-10-12-24;/h8-12,15-16,21-22,29-31,37-38H,7,13-14,17-20H2,1-6H3,(H,35,44)(H,36,41);1H4. The van der Waals surface area contributed by atoms with Gasteiger partial charge < -0.3 is 31.1 Å². The minimum atomic E-state index is -0.869. The number of benzene rings is 1. The summed E-state index contributed by atoms with van der Waals surface area (Å²) in [5.41, 5.74) is 1.74. The Balaban J connectivity index is 0.00000768. The molecule has 0 aromatic heterocycles. The molecule has 4 atom stereocenters. The Hall–Kier alpha value is -4.48. The van der Waals surface area contributed by atoms with E-state index in [0.717, 1.165) is 12.0 Å². The number of nitrogens with one attached hydrogen (secondary N) is 4. The number of ketones is 2. The molecule has 12 nitrogen and oxygen atoms in total. The van der Waals surface area contributed by atoms with Crippen LogP contribution in [0.25, 0.3) is 0 Å². The van der Waals surface area contributed by atoms with Gasteiger partial charge in [0.05, 0.1) is 26.2 Å². The lowest BCUT2D eigenvalue weighted by Crippen LogP contribution is -2.55. The predicted octanol–water partition coefficient (Wildman–Crippen LogP) is 1.71. The molecule has 3 rings (SSSR count). The van der Waals surface area contributed by atoms with E-state index >= 15 is 0 Å². The van der Waals surface area contributed by atoms with E-state index < -0.39 is 24.0 Å². The molecule has 2 aliphatic rings. The summed E-state index contributed by atoms with van der Waals surface area (Å²) in [5.74, 6) is -1.81. The summed E-state index contributed by atoms with van der Waals surface area (Å²) < 4.78 is 0. The highest BCUT2D eigenvalue weighted by molar-refractivity contribution is 5.99. The number of nitrogens with zero attached hydrogens (tertiary/aromatic N) is 2. The average molecular weight is 653 g/mol. The SMILES string of the molecule is C.CCC(C)C(NC1=CC(=O)CN(C(=O)C(CC(C)C)NC2=CC(=O)CN(C(=O)C(Cc3ccccc3)NC(C)=O)C2)C1)C(=O)NC. The van der Waals surface area contributed by atoms with Crippen molar-refractivity contribution in [3.8, 4) is 0 Å². The minimum Gasteiger partial charge on any atom is -0.375 e. The van der Waals surface area contributed by atoms with Gasteiger partial charge in [0.25, 0.3) is 0 Å². The van der Waals surface area contributed by atoms with Crippen LogP contribution in [0, 0.1) is 11.8 Å². The summed E-state index contributed by atoms with van der Waals surface area (Å²) in [6.45, 7) is 9.08. The highest BCUT2D eigenvalue weighted by atomic mass is 16.2. The maximum absolute atomic E-state index is 13.9. The molecule has 0 aliphatic carbocycles. The molecular formula is C35H52N6O6. The van der Waals surface area contributed by atoms with Crippen molar-refractivity contribution in [3.05, 3.63) is 59.4 Å². The zero-order chi connectivity index (χ0) is 34.0. The van der Waals surface area contributed by atoms with Crippen LogP contribution in [0.5, 0.6) is 0 Å². The first-order valence-corrected chi connectivity index (χ1v) is 15.9. The summed E-state index contributed by atoms with van der Waals surface area (Å²) in [7, 11) is 1.56. The monoisotopic (exact) mass is 652 g/mol. The molecule has 1 aromatic rings. The predicted molar refractivity (Wildman–Crippen MR) is 181 cm³/mol. The molecule has 4 amide bonds. The fourth-order valence-electron chi connectivity index (χ4n) is 5.67. The van der Waals surface area contributed by atoms with Gasteiger partial charge in [-0.3, -0.25) is 28.8 Å². The molecule has 0 saturated heterocycles. The molecule has 0 spiro atoms. The highest BCUT2D eigenvalue weighted by Gasteiger charge is 2.34. The number of hydrogen-bond donors (Lipinski definition) is 4. The van der Waals surface area contributed by atoms with Crippen molar-refractivity contribution in [3.63, 3.8) is 0 Å². The van der Waals surface area contributed by atoms with Gasteiger partial charge in [-0.15, -0.1) is 0 Å². The van der Waals surface area contributed by atoms with Crippen LogP contribution in [0.3, 0.4) is 0 Å². The van der Waals surface area contributed by atoms with Gasteiger partial charge >= 0.3 is 0 Å². The van der Waals surface area contributed by atoms with Crippen LogP contribution in [0.15, 0.2) is 53.9 Å². The van der Waals surface area contributed by atoms with Crippen LogP contribution in [0.1, 0.15) is 60.5 Å². The van der Waals surface area contributed by atoms with Gasteiger partial charge in [-0.25, -0.2) is 0 Å². The second-order valence-corrected chi connectivity index (χ2v) is 12.6. The Kier molecular flexibility index (Phi) is 14.8. The summed E-state index contributed by atoms with van der Waals surface area (Å²) in [6, 6.07) is 7.07. The van der Waals surface area contributed by atoms with Crippen molar-refractivity contribution in [2.45, 2.75) is 79.4 Å². The minimum absolute atomic E-state index is 0. The fourth-order valence-corrected chi connectivity index (χ4v) is 5.67. The zero-order valence-corrected chi connectivity index (χ0v) is 27.7. The Morgan fingerprint density at radius 3 is 1.83 bits per heavy atom. The van der Waals surface area contributed by atoms with Crippen molar-refractivity contribution >= 4 is 35.2 Å². The van der Waals surface area contributed by atoms with Crippen molar-refractivity contribution in [2.24, 2.45) is 11.8 Å². The van der Waals surface area contributed by atoms with E-state index in [9.17, 15) is 28.8 Å². The van der Waals surface area contributed by atoms with Gasteiger partial charge in [-0.2, -0.15) is 0 Å². The Morgan fingerprint density at radius 2 is 1.34 bits per heavy atom. The molecule has 2 heterocycles. The third kappa shape index (κ3) is 11.4. The average Bonchev–Trinajstić information content (AvgIpc) is 3.01. The van der Waals surface area contributed by atoms with Crippen LogP contribution in [0.4, 0.5) is 0 Å². The van der Waals surface area contributed by atoms with Crippen LogP contribution in [-0.4, -0.2) is 96.3 Å². The lowest BCUT2D eigenvalue weighted by molar-refractivity contribution is -0.138. The van der Waals surface area contributed by atoms with Crippen LogP contribution >= 0.6 is 0 Å². The molecule has 0 fully saturated rings. The first-order valence-electron chi connectivity index (χ1n) is 15.9. The third-order valence-electron chi connectivity index (χ3n) is 8.12. The largest absolute Gasteiger partial charge is 0.375 e. The van der Waals surface area contributed by atoms with E-state index in [1.165, 1.54) is 28.9 Å². The van der Waals surface area contributed by atoms with Gasteiger partial charge in [0.15, 0.2) is 11.6 Å². The molecule has 2 aliphatic heterocycles. The molecule has 0 saturated carbocycles. The molecule has 0 bridgehead atoms. The van der Waals surface area contributed by atoms with Gasteiger partial charge in [0.1, 0.15) is 18.1 Å². The topological polar surface area (TPSA) is 157 Å². The van der Waals surface area contributed by atoms with E-state index in [1.807, 2.05) is 58.0 Å². The summed E-state index contributed by atoms with van der Waals surface area (Å²) >= 11 is 0. The third-order valence-corrected chi connectivity index (χ3v) is 8.12. The number of amides is 4. The second kappa shape index (κ2) is 18.0. The molecule has 1 aromatic carbocycles. The summed E-state index contributed by atoms with van der Waals surface area (Å²) in [6.07, 6.45) is 4.25. The van der Waals surface area contributed by atoms with Crippen LogP contribution in [-0.2, 0) is 35.2 Å². The number of carbonyl (C=O) groups excluding carboxylic acids is 6. The molecular weight excluding hydrogens is 600 g/mol. The summed E-state index contributed by atoms with van der Waals surface area (Å²) in [5, 5.41) is 11.8. The molecule has 12 heteroatoms. The first kappa shape index (κ1) is 38.7. The van der Waals surface area contributed by atoms with Crippen LogP contribution < -0.4 is 21.3 Å². The number of hydrogen-bond acceptors (Lipinski definition) is 8. The van der Waals surface area contributed by atoms with E-state index in [-0.39, 0.29) is 81.2 Å². The van der Waals surface area contributed by atoms with Crippen molar-refractivity contribution < 1.29 is 28.8 Å². The Morgan fingerprint density at radius 1 is 0.809 bits per heavy atom. The van der Waals surface area contributed by atoms with E-state index in [1.54, 1.807) is 7.05 Å². The van der Waals surface area contributed by atoms with E-state index in [0.29, 0.717) is 17.8 Å². The van der Waals surface area contributed by atoms with Crippen molar-refractivity contribution in [2.75, 3.05) is 33.2 Å². The lowest BCUT2D eigenvalue weighted by atomic mass is 9.97. The van der Waals surface area contributed by atoms with E-state index in [2.05, 4.69) is 21.3 Å². The molecule has 0 radical (unpaired) electrons. The molecule has 47 heavy (non-hydrogen) atoms. The quantitative estimate of drug-likeness (QED) is 0.237.